The van der Waals surface area contributed by atoms with Gasteiger partial charge in [0.25, 0.3) is 0 Å². The maximum absolute atomic E-state index is 7.20. The second kappa shape index (κ2) is 7.17. The summed E-state index contributed by atoms with van der Waals surface area (Å²) in [6, 6.07) is 23.5. The van der Waals surface area contributed by atoms with E-state index in [2.05, 4.69) is 100 Å². The Morgan fingerprint density at radius 2 is 1.67 bits per heavy atom. The van der Waals surface area contributed by atoms with E-state index < -0.39 is 5.72 Å². The first kappa shape index (κ1) is 21.6. The molecule has 5 heteroatoms. The first-order valence-electron chi connectivity index (χ1n) is 12.3. The van der Waals surface area contributed by atoms with Crippen LogP contribution in [0.4, 0.5) is 11.4 Å². The van der Waals surface area contributed by atoms with Gasteiger partial charge in [0.05, 0.1) is 27.4 Å². The van der Waals surface area contributed by atoms with Crippen LogP contribution in [0, 0.1) is 13.8 Å². The fourth-order valence-corrected chi connectivity index (χ4v) is 6.81. The number of fused-ring (bicyclic) bond motifs is 5. The number of anilines is 1. The molecule has 1 unspecified atom stereocenters. The normalized spacial score (nSPS) is 19.6. The third kappa shape index (κ3) is 2.69. The second-order valence-electron chi connectivity index (χ2n) is 10.5. The topological polar surface area (TPSA) is 37.7 Å². The summed E-state index contributed by atoms with van der Waals surface area (Å²) < 4.78 is 8.37. The highest BCUT2D eigenvalue weighted by molar-refractivity contribution is 7.21. The Kier molecular flexibility index (Phi) is 4.30. The smallest absolute Gasteiger partial charge is 0.228 e. The average molecular weight is 490 g/mol. The van der Waals surface area contributed by atoms with Crippen LogP contribution < -0.4 is 9.64 Å². The predicted octanol–water partition coefficient (Wildman–Crippen LogP) is 7.95. The van der Waals surface area contributed by atoms with E-state index >= 15 is 0 Å². The zero-order chi connectivity index (χ0) is 24.8. The number of ether oxygens (including phenoxy) is 1. The number of para-hydroxylation sites is 1. The summed E-state index contributed by atoms with van der Waals surface area (Å²) in [7, 11) is 2.12. The van der Waals surface area contributed by atoms with Crippen LogP contribution >= 0.6 is 11.3 Å². The van der Waals surface area contributed by atoms with Crippen molar-refractivity contribution in [2.75, 3.05) is 11.9 Å². The fourth-order valence-electron chi connectivity index (χ4n) is 5.84. The Morgan fingerprint density at radius 3 is 2.50 bits per heavy atom. The number of aromatic nitrogens is 1. The van der Waals surface area contributed by atoms with Crippen LogP contribution in [0.1, 0.15) is 30.5 Å². The number of aliphatic imine (C=N–C) groups is 1. The lowest BCUT2D eigenvalue weighted by molar-refractivity contribution is 0.0833. The molecule has 0 saturated heterocycles. The minimum atomic E-state index is -0.754. The van der Waals surface area contributed by atoms with Gasteiger partial charge in [0.15, 0.2) is 5.75 Å². The van der Waals surface area contributed by atoms with Gasteiger partial charge in [-0.05, 0) is 74.0 Å². The monoisotopic (exact) mass is 489 g/mol. The molecular formula is C31H27N3OS. The van der Waals surface area contributed by atoms with E-state index in [0.29, 0.717) is 0 Å². The molecule has 0 fully saturated rings. The Labute approximate surface area is 214 Å². The Balaban J connectivity index is 1.49. The molecule has 0 saturated carbocycles. The number of rotatable bonds is 1. The van der Waals surface area contributed by atoms with E-state index in [9.17, 15) is 0 Å². The van der Waals surface area contributed by atoms with Crippen LogP contribution in [0.2, 0.25) is 0 Å². The molecule has 1 aromatic heterocycles. The van der Waals surface area contributed by atoms with Crippen molar-refractivity contribution in [1.82, 2.24) is 4.98 Å². The van der Waals surface area contributed by atoms with Gasteiger partial charge in [-0.3, -0.25) is 4.99 Å². The molecule has 0 N–H and O–H groups in total. The highest BCUT2D eigenvalue weighted by Gasteiger charge is 2.59. The molecule has 0 aliphatic carbocycles. The molecule has 7 rings (SSSR count). The minimum absolute atomic E-state index is 0.326. The molecule has 36 heavy (non-hydrogen) atoms. The molecule has 0 bridgehead atoms. The predicted molar refractivity (Wildman–Crippen MR) is 151 cm³/mol. The summed E-state index contributed by atoms with van der Waals surface area (Å²) in [6.07, 6.45) is 2.02. The van der Waals surface area contributed by atoms with E-state index in [0.717, 1.165) is 38.3 Å². The van der Waals surface area contributed by atoms with Crippen LogP contribution in [-0.4, -0.2) is 24.0 Å². The van der Waals surface area contributed by atoms with Crippen LogP contribution in [0.3, 0.4) is 0 Å². The summed E-state index contributed by atoms with van der Waals surface area (Å²) in [5, 5.41) is 3.18. The van der Waals surface area contributed by atoms with Gasteiger partial charge in [0, 0.05) is 18.1 Å². The first-order chi connectivity index (χ1) is 17.3. The van der Waals surface area contributed by atoms with E-state index in [1.54, 1.807) is 11.3 Å². The summed E-state index contributed by atoms with van der Waals surface area (Å²) in [5.41, 5.74) is 6.85. The summed E-state index contributed by atoms with van der Waals surface area (Å²) in [4.78, 5) is 12.4. The van der Waals surface area contributed by atoms with E-state index in [-0.39, 0.29) is 5.41 Å². The van der Waals surface area contributed by atoms with Crippen molar-refractivity contribution in [2.45, 2.75) is 38.8 Å². The molecule has 3 heterocycles. The van der Waals surface area contributed by atoms with Gasteiger partial charge in [-0.25, -0.2) is 4.98 Å². The quantitative estimate of drug-likeness (QED) is 0.240. The van der Waals surface area contributed by atoms with Gasteiger partial charge in [0.1, 0.15) is 10.7 Å². The second-order valence-corrected chi connectivity index (χ2v) is 11.5. The van der Waals surface area contributed by atoms with Gasteiger partial charge < -0.3 is 9.64 Å². The maximum atomic E-state index is 7.20. The first-order valence-corrected chi connectivity index (χ1v) is 13.1. The lowest BCUT2D eigenvalue weighted by Crippen LogP contribution is -2.61. The van der Waals surface area contributed by atoms with Crippen LogP contribution in [0.25, 0.3) is 31.6 Å². The van der Waals surface area contributed by atoms with Crippen LogP contribution in [-0.2, 0) is 5.41 Å². The number of likely N-dealkylation sites (N-methyl/N-ethyl adjacent to an activating group) is 1. The molecule has 4 aromatic carbocycles. The van der Waals surface area contributed by atoms with E-state index in [4.69, 9.17) is 14.7 Å². The third-order valence-electron chi connectivity index (χ3n) is 8.17. The van der Waals surface area contributed by atoms with Crippen molar-refractivity contribution in [2.24, 2.45) is 4.99 Å². The highest BCUT2D eigenvalue weighted by Crippen LogP contribution is 2.57. The Morgan fingerprint density at radius 1 is 0.917 bits per heavy atom. The zero-order valence-corrected chi connectivity index (χ0v) is 21.9. The Bertz CT molecular complexity index is 1720. The van der Waals surface area contributed by atoms with E-state index in [1.807, 2.05) is 12.3 Å². The van der Waals surface area contributed by atoms with Crippen molar-refractivity contribution in [3.05, 3.63) is 83.4 Å². The summed E-state index contributed by atoms with van der Waals surface area (Å²) in [5.74, 6) is 0.802. The summed E-state index contributed by atoms with van der Waals surface area (Å²) >= 11 is 1.70. The molecule has 5 aromatic rings. The van der Waals surface area contributed by atoms with E-state index in [1.165, 1.54) is 27.1 Å². The van der Waals surface area contributed by atoms with Crippen molar-refractivity contribution < 1.29 is 4.74 Å². The highest BCUT2D eigenvalue weighted by atomic mass is 32.1. The molecule has 178 valence electrons. The standard InChI is InChI=1S/C31H27N3OS/c1-18-14-23-25(15-19(18)2)34(5)31(30(23,3)4)17-32-27-21-11-7-6-10-20(21)16-22(28(27)35-31)29-33-24-12-8-9-13-26(24)36-29/h6-17H,1-5H3. The largest absolute Gasteiger partial charge is 0.459 e. The average Bonchev–Trinajstić information content (AvgIpc) is 3.37. The third-order valence-corrected chi connectivity index (χ3v) is 9.24. The molecule has 2 aliphatic rings. The fraction of sp³-hybridized carbons (Fsp3) is 0.226. The maximum Gasteiger partial charge on any atom is 0.228 e. The van der Waals surface area contributed by atoms with Gasteiger partial charge in [-0.15, -0.1) is 11.3 Å². The number of benzene rings is 4. The number of aryl methyl sites for hydroxylation is 2. The van der Waals surface area contributed by atoms with Gasteiger partial charge in [-0.1, -0.05) is 42.5 Å². The molecule has 1 atom stereocenters. The van der Waals surface area contributed by atoms with Crippen LogP contribution in [0.15, 0.2) is 71.7 Å². The molecule has 4 nitrogen and oxygen atoms in total. The number of hydrogen-bond donors (Lipinski definition) is 0. The SMILES string of the molecule is Cc1cc2c(cc1C)C(C)(C)C1(C=Nc3c(c(-c4nc5ccccc5s4)cc4ccccc34)O1)N2C. The zero-order valence-electron chi connectivity index (χ0n) is 21.1. The van der Waals surface area contributed by atoms with Crippen LogP contribution in [0.5, 0.6) is 5.75 Å². The lowest BCUT2D eigenvalue weighted by Gasteiger charge is -2.45. The molecule has 2 aliphatic heterocycles. The molecule has 1 spiro atoms. The van der Waals surface area contributed by atoms with Crippen molar-refractivity contribution in [3.8, 4) is 16.3 Å². The number of hydrogen-bond acceptors (Lipinski definition) is 5. The number of nitrogens with zero attached hydrogens (tertiary/aromatic N) is 3. The van der Waals surface area contributed by atoms with Crippen molar-refractivity contribution in [1.29, 1.82) is 0 Å². The van der Waals surface area contributed by atoms with Gasteiger partial charge >= 0.3 is 0 Å². The summed E-state index contributed by atoms with van der Waals surface area (Å²) in [6.45, 7) is 8.88. The lowest BCUT2D eigenvalue weighted by atomic mass is 9.77. The number of thiazole rings is 1. The minimum Gasteiger partial charge on any atom is -0.459 e. The molecule has 0 radical (unpaired) electrons. The van der Waals surface area contributed by atoms with Crippen molar-refractivity contribution in [3.63, 3.8) is 0 Å². The van der Waals surface area contributed by atoms with Gasteiger partial charge in [0.2, 0.25) is 5.72 Å². The molecule has 0 amide bonds. The Hall–Kier alpha value is -3.70. The van der Waals surface area contributed by atoms with Crippen molar-refractivity contribution >= 4 is 49.9 Å². The molecular weight excluding hydrogens is 462 g/mol. The van der Waals surface area contributed by atoms with Gasteiger partial charge in [-0.2, -0.15) is 0 Å².